The van der Waals surface area contributed by atoms with Crippen molar-refractivity contribution in [2.45, 2.75) is 33.4 Å². The summed E-state index contributed by atoms with van der Waals surface area (Å²) < 4.78 is 18.9. The van der Waals surface area contributed by atoms with Gasteiger partial charge in [-0.15, -0.1) is 0 Å². The molecule has 5 heteroatoms. The molecule has 0 atom stereocenters. The van der Waals surface area contributed by atoms with Gasteiger partial charge in [0.15, 0.2) is 0 Å². The lowest BCUT2D eigenvalue weighted by atomic mass is 10.1. The average molecular weight is 302 g/mol. The average Bonchev–Trinajstić information content (AvgIpc) is 2.48. The van der Waals surface area contributed by atoms with Crippen LogP contribution in [0, 0.1) is 12.7 Å². The summed E-state index contributed by atoms with van der Waals surface area (Å²) in [7, 11) is 0. The smallest absolute Gasteiger partial charge is 0.251 e. The molecule has 0 saturated carbocycles. The standard InChI is InChI=1S/C17H19FN2O2/c1-11(2)22-16-7-5-13(9-19-16)10-20-17(21)14-6-4-12(3)15(18)8-14/h4-9,11H,10H2,1-3H3,(H,20,21). The van der Waals surface area contributed by atoms with Gasteiger partial charge >= 0.3 is 0 Å². The fourth-order valence-electron chi connectivity index (χ4n) is 1.85. The Labute approximate surface area is 129 Å². The molecule has 4 nitrogen and oxygen atoms in total. The SMILES string of the molecule is Cc1ccc(C(=O)NCc2ccc(OC(C)C)nc2)cc1F. The number of nitrogens with zero attached hydrogens (tertiary/aromatic N) is 1. The molecule has 0 aliphatic carbocycles. The maximum atomic E-state index is 13.4. The summed E-state index contributed by atoms with van der Waals surface area (Å²) in [4.78, 5) is 16.1. The third kappa shape index (κ3) is 4.28. The number of benzene rings is 1. The van der Waals surface area contributed by atoms with Crippen LogP contribution in [0.1, 0.15) is 35.3 Å². The van der Waals surface area contributed by atoms with E-state index in [4.69, 9.17) is 4.74 Å². The first-order valence-corrected chi connectivity index (χ1v) is 7.11. The Kier molecular flexibility index (Phi) is 5.09. The lowest BCUT2D eigenvalue weighted by Gasteiger charge is -2.09. The fraction of sp³-hybridized carbons (Fsp3) is 0.294. The van der Waals surface area contributed by atoms with Gasteiger partial charge < -0.3 is 10.1 Å². The molecule has 0 spiro atoms. The summed E-state index contributed by atoms with van der Waals surface area (Å²) in [5.41, 5.74) is 1.66. The molecule has 0 fully saturated rings. The number of hydrogen-bond acceptors (Lipinski definition) is 3. The van der Waals surface area contributed by atoms with Crippen molar-refractivity contribution in [1.29, 1.82) is 0 Å². The third-order valence-corrected chi connectivity index (χ3v) is 3.04. The van der Waals surface area contributed by atoms with E-state index in [1.54, 1.807) is 31.3 Å². The summed E-state index contributed by atoms with van der Waals surface area (Å²) in [5.74, 6) is -0.156. The van der Waals surface area contributed by atoms with Crippen molar-refractivity contribution in [2.75, 3.05) is 0 Å². The molecule has 116 valence electrons. The van der Waals surface area contributed by atoms with Crippen LogP contribution in [0.4, 0.5) is 4.39 Å². The zero-order chi connectivity index (χ0) is 16.1. The summed E-state index contributed by atoms with van der Waals surface area (Å²) in [6.45, 7) is 5.83. The number of halogens is 1. The molecule has 1 aromatic heterocycles. The Hall–Kier alpha value is -2.43. The predicted molar refractivity (Wildman–Crippen MR) is 82.3 cm³/mol. The van der Waals surface area contributed by atoms with Crippen molar-refractivity contribution >= 4 is 5.91 Å². The second-order valence-corrected chi connectivity index (χ2v) is 5.32. The summed E-state index contributed by atoms with van der Waals surface area (Å²) in [6, 6.07) is 8.02. The quantitative estimate of drug-likeness (QED) is 0.922. The first-order chi connectivity index (χ1) is 10.5. The summed E-state index contributed by atoms with van der Waals surface area (Å²) in [6.07, 6.45) is 1.71. The van der Waals surface area contributed by atoms with Gasteiger partial charge in [-0.25, -0.2) is 9.37 Å². The number of carbonyl (C=O) groups is 1. The Morgan fingerprint density at radius 3 is 2.68 bits per heavy atom. The number of pyridine rings is 1. The minimum atomic E-state index is -0.385. The zero-order valence-corrected chi connectivity index (χ0v) is 12.9. The summed E-state index contributed by atoms with van der Waals surface area (Å²) in [5, 5.41) is 2.74. The summed E-state index contributed by atoms with van der Waals surface area (Å²) >= 11 is 0. The molecule has 0 aliphatic heterocycles. The Bertz CT molecular complexity index is 654. The molecule has 0 unspecified atom stereocenters. The molecule has 2 rings (SSSR count). The van der Waals surface area contributed by atoms with Crippen molar-refractivity contribution in [2.24, 2.45) is 0 Å². The van der Waals surface area contributed by atoms with Gasteiger partial charge in [0.2, 0.25) is 5.88 Å². The number of ether oxygens (including phenoxy) is 1. The van der Waals surface area contributed by atoms with E-state index < -0.39 is 0 Å². The highest BCUT2D eigenvalue weighted by Gasteiger charge is 2.08. The van der Waals surface area contributed by atoms with Gasteiger partial charge in [0.25, 0.3) is 5.91 Å². The minimum Gasteiger partial charge on any atom is -0.475 e. The largest absolute Gasteiger partial charge is 0.475 e. The zero-order valence-electron chi connectivity index (χ0n) is 12.9. The van der Waals surface area contributed by atoms with Gasteiger partial charge in [0.05, 0.1) is 6.10 Å². The molecule has 2 aromatic rings. The number of carbonyl (C=O) groups excluding carboxylic acids is 1. The molecule has 0 saturated heterocycles. The van der Waals surface area contributed by atoms with Crippen LogP contribution in [-0.4, -0.2) is 17.0 Å². The van der Waals surface area contributed by atoms with Crippen molar-refractivity contribution in [1.82, 2.24) is 10.3 Å². The van der Waals surface area contributed by atoms with E-state index in [1.807, 2.05) is 19.9 Å². The van der Waals surface area contributed by atoms with Crippen molar-refractivity contribution < 1.29 is 13.9 Å². The molecule has 1 N–H and O–H groups in total. The van der Waals surface area contributed by atoms with Gasteiger partial charge in [-0.1, -0.05) is 12.1 Å². The van der Waals surface area contributed by atoms with Crippen molar-refractivity contribution in [3.63, 3.8) is 0 Å². The van der Waals surface area contributed by atoms with Crippen LogP contribution >= 0.6 is 0 Å². The maximum absolute atomic E-state index is 13.4. The second kappa shape index (κ2) is 7.02. The van der Waals surface area contributed by atoms with Crippen LogP contribution < -0.4 is 10.1 Å². The maximum Gasteiger partial charge on any atom is 0.251 e. The first kappa shape index (κ1) is 15.9. The molecule has 0 bridgehead atoms. The van der Waals surface area contributed by atoms with Crippen LogP contribution in [0.15, 0.2) is 36.5 Å². The number of aryl methyl sites for hydroxylation is 1. The topological polar surface area (TPSA) is 51.2 Å². The van der Waals surface area contributed by atoms with Crippen molar-refractivity contribution in [3.8, 4) is 5.88 Å². The number of amides is 1. The van der Waals surface area contributed by atoms with Crippen LogP contribution in [0.25, 0.3) is 0 Å². The number of rotatable bonds is 5. The van der Waals surface area contributed by atoms with Gasteiger partial charge in [0.1, 0.15) is 5.82 Å². The normalized spacial score (nSPS) is 10.6. The molecule has 22 heavy (non-hydrogen) atoms. The minimum absolute atomic E-state index is 0.0643. The Balaban J connectivity index is 1.94. The van der Waals surface area contributed by atoms with Gasteiger partial charge in [-0.05, 0) is 44.0 Å². The fourth-order valence-corrected chi connectivity index (χ4v) is 1.85. The van der Waals surface area contributed by atoms with Gasteiger partial charge in [0, 0.05) is 24.4 Å². The van der Waals surface area contributed by atoms with E-state index in [0.29, 0.717) is 23.6 Å². The monoisotopic (exact) mass is 302 g/mol. The number of aromatic nitrogens is 1. The van der Waals surface area contributed by atoms with Gasteiger partial charge in [-0.3, -0.25) is 4.79 Å². The highest BCUT2D eigenvalue weighted by molar-refractivity contribution is 5.94. The molecule has 1 heterocycles. The molecule has 1 aromatic carbocycles. The molecule has 0 radical (unpaired) electrons. The number of nitrogens with one attached hydrogen (secondary N) is 1. The van der Waals surface area contributed by atoms with Crippen LogP contribution in [0.2, 0.25) is 0 Å². The second-order valence-electron chi connectivity index (χ2n) is 5.32. The van der Waals surface area contributed by atoms with E-state index in [9.17, 15) is 9.18 Å². The highest BCUT2D eigenvalue weighted by atomic mass is 19.1. The third-order valence-electron chi connectivity index (χ3n) is 3.04. The molecular formula is C17H19FN2O2. The first-order valence-electron chi connectivity index (χ1n) is 7.11. The van der Waals surface area contributed by atoms with Crippen LogP contribution in [-0.2, 0) is 6.54 Å². The van der Waals surface area contributed by atoms with E-state index >= 15 is 0 Å². The molecule has 1 amide bonds. The Morgan fingerprint density at radius 1 is 1.32 bits per heavy atom. The number of hydrogen-bond donors (Lipinski definition) is 1. The van der Waals surface area contributed by atoms with E-state index in [1.165, 1.54) is 6.07 Å². The van der Waals surface area contributed by atoms with Crippen LogP contribution in [0.5, 0.6) is 5.88 Å². The lowest BCUT2D eigenvalue weighted by molar-refractivity contribution is 0.0950. The highest BCUT2D eigenvalue weighted by Crippen LogP contribution is 2.11. The predicted octanol–water partition coefficient (Wildman–Crippen LogP) is 3.25. The van der Waals surface area contributed by atoms with E-state index in [0.717, 1.165) is 5.56 Å². The Morgan fingerprint density at radius 2 is 2.09 bits per heavy atom. The van der Waals surface area contributed by atoms with Gasteiger partial charge in [-0.2, -0.15) is 0 Å². The van der Waals surface area contributed by atoms with E-state index in [2.05, 4.69) is 10.3 Å². The van der Waals surface area contributed by atoms with Crippen molar-refractivity contribution in [3.05, 3.63) is 59.0 Å². The lowest BCUT2D eigenvalue weighted by Crippen LogP contribution is -2.23. The van der Waals surface area contributed by atoms with Crippen LogP contribution in [0.3, 0.4) is 0 Å². The van der Waals surface area contributed by atoms with E-state index in [-0.39, 0.29) is 17.8 Å². The molecule has 0 aliphatic rings. The molecular weight excluding hydrogens is 283 g/mol.